The Labute approximate surface area is 169 Å². The van der Waals surface area contributed by atoms with E-state index in [9.17, 15) is 12.8 Å². The van der Waals surface area contributed by atoms with Crippen molar-refractivity contribution in [2.75, 3.05) is 14.2 Å². The Hall–Kier alpha value is -2.91. The van der Waals surface area contributed by atoms with Gasteiger partial charge in [-0.05, 0) is 36.2 Å². The van der Waals surface area contributed by atoms with Crippen molar-refractivity contribution in [3.05, 3.63) is 71.6 Å². The van der Waals surface area contributed by atoms with Gasteiger partial charge in [0.05, 0.1) is 19.1 Å². The molecule has 0 amide bonds. The van der Waals surface area contributed by atoms with E-state index in [0.717, 1.165) is 0 Å². The van der Waals surface area contributed by atoms with Gasteiger partial charge >= 0.3 is 0 Å². The summed E-state index contributed by atoms with van der Waals surface area (Å²) in [5.41, 5.74) is 0.911. The molecule has 1 atom stereocenters. The van der Waals surface area contributed by atoms with Gasteiger partial charge < -0.3 is 14.0 Å². The molecule has 7 nitrogen and oxygen atoms in total. The number of hydrogen-bond donors (Lipinski definition) is 1. The molecule has 1 heterocycles. The smallest absolute Gasteiger partial charge is 0.241 e. The number of halogens is 1. The molecule has 154 valence electrons. The second-order valence-electron chi connectivity index (χ2n) is 6.48. The van der Waals surface area contributed by atoms with Crippen molar-refractivity contribution in [3.63, 3.8) is 0 Å². The largest absolute Gasteiger partial charge is 0.493 e. The highest BCUT2D eigenvalue weighted by Gasteiger charge is 2.28. The minimum absolute atomic E-state index is 0.0331. The first kappa shape index (κ1) is 20.8. The predicted octanol–water partition coefficient (Wildman–Crippen LogP) is 2.95. The van der Waals surface area contributed by atoms with Crippen LogP contribution in [0, 0.1) is 12.7 Å². The third-order valence-electron chi connectivity index (χ3n) is 4.54. The van der Waals surface area contributed by atoms with E-state index in [0.29, 0.717) is 22.7 Å². The third-order valence-corrected chi connectivity index (χ3v) is 6.11. The average molecular weight is 419 g/mol. The molecular weight excluding hydrogens is 397 g/mol. The molecule has 0 bridgehead atoms. The fourth-order valence-electron chi connectivity index (χ4n) is 3.08. The van der Waals surface area contributed by atoms with E-state index in [-0.39, 0.29) is 10.6 Å². The van der Waals surface area contributed by atoms with Crippen LogP contribution in [0.2, 0.25) is 0 Å². The van der Waals surface area contributed by atoms with Gasteiger partial charge in [-0.25, -0.2) is 17.8 Å². The van der Waals surface area contributed by atoms with Crippen molar-refractivity contribution in [2.24, 2.45) is 7.05 Å². The Balaban J connectivity index is 2.09. The minimum Gasteiger partial charge on any atom is -0.493 e. The van der Waals surface area contributed by atoms with Crippen LogP contribution in [0.3, 0.4) is 0 Å². The van der Waals surface area contributed by atoms with Crippen LogP contribution in [0.1, 0.15) is 23.0 Å². The maximum atomic E-state index is 13.8. The fraction of sp³-hybridized carbons (Fsp3) is 0.250. The molecule has 1 unspecified atom stereocenters. The van der Waals surface area contributed by atoms with Gasteiger partial charge in [0.2, 0.25) is 10.0 Å². The maximum absolute atomic E-state index is 13.8. The highest BCUT2D eigenvalue weighted by Crippen LogP contribution is 2.33. The van der Waals surface area contributed by atoms with Gasteiger partial charge in [0.1, 0.15) is 17.7 Å². The number of benzene rings is 2. The first-order valence-electron chi connectivity index (χ1n) is 8.74. The first-order valence-corrected chi connectivity index (χ1v) is 10.2. The van der Waals surface area contributed by atoms with Gasteiger partial charge in [-0.15, -0.1) is 0 Å². The number of aromatic nitrogens is 2. The van der Waals surface area contributed by atoms with Crippen LogP contribution >= 0.6 is 0 Å². The highest BCUT2D eigenvalue weighted by molar-refractivity contribution is 7.89. The van der Waals surface area contributed by atoms with Crippen LogP contribution < -0.4 is 14.2 Å². The minimum atomic E-state index is -4.01. The normalized spacial score (nSPS) is 12.6. The number of hydrogen-bond acceptors (Lipinski definition) is 5. The zero-order valence-corrected chi connectivity index (χ0v) is 17.3. The van der Waals surface area contributed by atoms with Gasteiger partial charge in [0, 0.05) is 25.5 Å². The SMILES string of the molecule is COc1cc(C)c(S(=O)(=O)NC(c2cccc(F)c2)c2nccn2C)cc1OC. The molecule has 0 spiro atoms. The molecule has 3 rings (SSSR count). The summed E-state index contributed by atoms with van der Waals surface area (Å²) in [4.78, 5) is 4.29. The van der Waals surface area contributed by atoms with E-state index in [1.54, 1.807) is 43.1 Å². The van der Waals surface area contributed by atoms with E-state index < -0.39 is 21.9 Å². The number of nitrogens with one attached hydrogen (secondary N) is 1. The van der Waals surface area contributed by atoms with Gasteiger partial charge in [0.15, 0.2) is 11.5 Å². The number of sulfonamides is 1. The predicted molar refractivity (Wildman–Crippen MR) is 106 cm³/mol. The summed E-state index contributed by atoms with van der Waals surface area (Å²) in [6.45, 7) is 1.66. The molecule has 3 aromatic rings. The lowest BCUT2D eigenvalue weighted by atomic mass is 10.1. The Morgan fingerprint density at radius 1 is 1.14 bits per heavy atom. The van der Waals surface area contributed by atoms with Crippen LogP contribution in [-0.2, 0) is 17.1 Å². The van der Waals surface area contributed by atoms with Crippen LogP contribution in [0.15, 0.2) is 53.7 Å². The second-order valence-corrected chi connectivity index (χ2v) is 8.16. The topological polar surface area (TPSA) is 82.5 Å². The lowest BCUT2D eigenvalue weighted by molar-refractivity contribution is 0.353. The molecule has 1 N–H and O–H groups in total. The van der Waals surface area contributed by atoms with Crippen LogP contribution in [0.4, 0.5) is 4.39 Å². The number of rotatable bonds is 7. The third kappa shape index (κ3) is 4.25. The van der Waals surface area contributed by atoms with Crippen molar-refractivity contribution in [1.82, 2.24) is 14.3 Å². The van der Waals surface area contributed by atoms with Crippen LogP contribution in [-0.4, -0.2) is 32.2 Å². The zero-order chi connectivity index (χ0) is 21.2. The molecule has 9 heteroatoms. The molecule has 0 aliphatic heterocycles. The van der Waals surface area contributed by atoms with Crippen LogP contribution in [0.25, 0.3) is 0 Å². The van der Waals surface area contributed by atoms with Gasteiger partial charge in [-0.1, -0.05) is 12.1 Å². The molecule has 29 heavy (non-hydrogen) atoms. The lowest BCUT2D eigenvalue weighted by Crippen LogP contribution is -2.31. The average Bonchev–Trinajstić information content (AvgIpc) is 3.11. The van der Waals surface area contributed by atoms with Crippen molar-refractivity contribution < 1.29 is 22.3 Å². The summed E-state index contributed by atoms with van der Waals surface area (Å²) >= 11 is 0. The molecule has 0 aliphatic carbocycles. The van der Waals surface area contributed by atoms with E-state index >= 15 is 0 Å². The number of ether oxygens (including phenoxy) is 2. The lowest BCUT2D eigenvalue weighted by Gasteiger charge is -2.20. The molecule has 0 radical (unpaired) electrons. The van der Waals surface area contributed by atoms with Gasteiger partial charge in [0.25, 0.3) is 0 Å². The summed E-state index contributed by atoms with van der Waals surface area (Å²) in [7, 11) is 0.636. The Morgan fingerprint density at radius 2 is 1.83 bits per heavy atom. The van der Waals surface area contributed by atoms with Crippen molar-refractivity contribution in [1.29, 1.82) is 0 Å². The van der Waals surface area contributed by atoms with Crippen LogP contribution in [0.5, 0.6) is 11.5 Å². The number of aryl methyl sites for hydroxylation is 2. The number of methoxy groups -OCH3 is 2. The summed E-state index contributed by atoms with van der Waals surface area (Å²) in [6, 6.07) is 7.85. The van der Waals surface area contributed by atoms with E-state index in [2.05, 4.69) is 9.71 Å². The van der Waals surface area contributed by atoms with Gasteiger partial charge in [-0.2, -0.15) is 4.72 Å². The molecule has 0 aliphatic rings. The summed E-state index contributed by atoms with van der Waals surface area (Å²) in [5.74, 6) is 0.674. The maximum Gasteiger partial charge on any atom is 0.241 e. The Bertz CT molecular complexity index is 1130. The van der Waals surface area contributed by atoms with Crippen molar-refractivity contribution in [2.45, 2.75) is 17.9 Å². The molecule has 0 fully saturated rings. The number of imidazole rings is 1. The highest BCUT2D eigenvalue weighted by atomic mass is 32.2. The fourth-order valence-corrected chi connectivity index (χ4v) is 4.51. The van der Waals surface area contributed by atoms with E-state index in [4.69, 9.17) is 9.47 Å². The standard InChI is InChI=1S/C20H22FN3O4S/c1-13-10-16(27-3)17(28-4)12-18(13)29(25,26)23-19(20-22-8-9-24(20)2)14-6-5-7-15(21)11-14/h5-12,19,23H,1-4H3. The van der Waals surface area contributed by atoms with E-state index in [1.165, 1.54) is 38.5 Å². The van der Waals surface area contributed by atoms with Crippen molar-refractivity contribution >= 4 is 10.0 Å². The molecular formula is C20H22FN3O4S. The van der Waals surface area contributed by atoms with E-state index in [1.807, 2.05) is 0 Å². The monoisotopic (exact) mass is 419 g/mol. The zero-order valence-electron chi connectivity index (χ0n) is 16.5. The molecule has 0 saturated carbocycles. The Kier molecular flexibility index (Phi) is 5.90. The second kappa shape index (κ2) is 8.22. The molecule has 0 saturated heterocycles. The quantitative estimate of drug-likeness (QED) is 0.637. The van der Waals surface area contributed by atoms with Gasteiger partial charge in [-0.3, -0.25) is 0 Å². The van der Waals surface area contributed by atoms with Crippen molar-refractivity contribution in [3.8, 4) is 11.5 Å². The number of nitrogens with zero attached hydrogens (tertiary/aromatic N) is 2. The first-order chi connectivity index (χ1) is 13.8. The molecule has 2 aromatic carbocycles. The summed E-state index contributed by atoms with van der Waals surface area (Å²) < 4.78 is 55.2. The molecule has 1 aromatic heterocycles. The summed E-state index contributed by atoms with van der Waals surface area (Å²) in [5, 5.41) is 0. The summed E-state index contributed by atoms with van der Waals surface area (Å²) in [6.07, 6.45) is 3.25. The Morgan fingerprint density at radius 3 is 2.41 bits per heavy atom.